The number of halogens is 1. The third-order valence-electron chi connectivity index (χ3n) is 7.73. The monoisotopic (exact) mass is 711 g/mol. The molecule has 47 heavy (non-hydrogen) atoms. The van der Waals surface area contributed by atoms with Crippen LogP contribution in [-0.4, -0.2) is 54.2 Å². The molecule has 0 aliphatic rings. The van der Waals surface area contributed by atoms with Crippen molar-refractivity contribution in [2.75, 3.05) is 13.7 Å². The second kappa shape index (κ2) is 11.4. The maximum atomic E-state index is 11.9. The molecule has 0 amide bonds. The average molecular weight is 713 g/mol. The topological polar surface area (TPSA) is 183 Å². The molecule has 0 unspecified atom stereocenters. The number of carboxylic acids is 1. The Labute approximate surface area is 278 Å². The van der Waals surface area contributed by atoms with E-state index in [0.717, 1.165) is 17.3 Å². The van der Waals surface area contributed by atoms with Crippen molar-refractivity contribution < 1.29 is 28.6 Å². The van der Waals surface area contributed by atoms with Gasteiger partial charge in [-0.1, -0.05) is 39.0 Å². The van der Waals surface area contributed by atoms with E-state index in [1.165, 1.54) is 7.11 Å². The second-order valence-electron chi connectivity index (χ2n) is 11.6. The molecule has 3 heterocycles. The van der Waals surface area contributed by atoms with Gasteiger partial charge in [-0.05, 0) is 77.4 Å². The summed E-state index contributed by atoms with van der Waals surface area (Å²) in [5.74, 6) is -0.673. The summed E-state index contributed by atoms with van der Waals surface area (Å²) in [7, 11) is 1.50. The van der Waals surface area contributed by atoms with E-state index in [1.807, 2.05) is 24.3 Å². The summed E-state index contributed by atoms with van der Waals surface area (Å²) in [6.07, 6.45) is 0. The first-order valence-corrected chi connectivity index (χ1v) is 15.6. The third kappa shape index (κ3) is 4.93. The van der Waals surface area contributed by atoms with Crippen LogP contribution in [0.1, 0.15) is 31.9 Å². The fourth-order valence-electron chi connectivity index (χ4n) is 5.74. The molecule has 0 radical (unpaired) electrons. The van der Waals surface area contributed by atoms with Gasteiger partial charge in [-0.3, -0.25) is 0 Å². The van der Waals surface area contributed by atoms with Crippen LogP contribution in [0.3, 0.4) is 0 Å². The highest BCUT2D eigenvalue weighted by atomic mass is 79.9. The number of nitrogens with zero attached hydrogens (tertiary/aromatic N) is 7. The molecule has 4 aromatic carbocycles. The minimum atomic E-state index is -1.17. The molecule has 13 nitrogen and oxygen atoms in total. The number of fused-ring (bicyclic) bond motifs is 3. The van der Waals surface area contributed by atoms with Crippen LogP contribution in [0.15, 0.2) is 56.2 Å². The largest absolute Gasteiger partial charge is 0.495 e. The Hall–Kier alpha value is -5.46. The Balaban J connectivity index is 1.71. The van der Waals surface area contributed by atoms with E-state index in [-0.39, 0.29) is 16.8 Å². The average Bonchev–Trinajstić information content (AvgIpc) is 3.83. The first-order chi connectivity index (χ1) is 22.6. The summed E-state index contributed by atoms with van der Waals surface area (Å²) in [4.78, 5) is 11.9. The number of hydrogen-bond acceptors (Lipinski definition) is 13. The van der Waals surface area contributed by atoms with Crippen molar-refractivity contribution in [3.63, 3.8) is 0 Å². The van der Waals surface area contributed by atoms with Gasteiger partial charge in [0.1, 0.15) is 45.2 Å². The second-order valence-corrected chi connectivity index (χ2v) is 12.9. The highest BCUT2D eigenvalue weighted by Gasteiger charge is 2.32. The summed E-state index contributed by atoms with van der Waals surface area (Å²) in [5.41, 5.74) is 6.65. The van der Waals surface area contributed by atoms with Gasteiger partial charge in [0, 0.05) is 22.3 Å². The van der Waals surface area contributed by atoms with Gasteiger partial charge in [0.05, 0.1) is 34.4 Å². The Kier molecular flexibility index (Phi) is 7.33. The number of methoxy groups -OCH3 is 1. The van der Waals surface area contributed by atoms with Crippen molar-refractivity contribution in [3.8, 4) is 50.9 Å². The zero-order chi connectivity index (χ0) is 33.0. The summed E-state index contributed by atoms with van der Waals surface area (Å²) >= 11 is 4.83. The smallest absolute Gasteiger partial charge is 0.341 e. The molecule has 0 saturated heterocycles. The number of ether oxygens (including phenoxy) is 2. The predicted octanol–water partition coefficient (Wildman–Crippen LogP) is 7.17. The van der Waals surface area contributed by atoms with Crippen LogP contribution in [0.4, 0.5) is 0 Å². The number of rotatable bonds is 7. The van der Waals surface area contributed by atoms with Crippen molar-refractivity contribution in [1.82, 2.24) is 29.4 Å². The molecule has 1 N–H and O–H groups in total. The zero-order valence-corrected chi connectivity index (χ0v) is 27.6. The number of nitriles is 1. The lowest BCUT2D eigenvalue weighted by atomic mass is 9.78. The summed E-state index contributed by atoms with van der Waals surface area (Å²) in [6, 6.07) is 14.9. The van der Waals surface area contributed by atoms with Crippen molar-refractivity contribution >= 4 is 66.7 Å². The number of aliphatic carboxylic acids is 1. The van der Waals surface area contributed by atoms with Crippen molar-refractivity contribution in [1.29, 1.82) is 5.26 Å². The molecule has 0 aliphatic carbocycles. The summed E-state index contributed by atoms with van der Waals surface area (Å²) < 4.78 is 31.9. The lowest BCUT2D eigenvalue weighted by Crippen LogP contribution is -2.14. The van der Waals surface area contributed by atoms with E-state index in [1.54, 1.807) is 18.2 Å². The molecule has 0 saturated carbocycles. The van der Waals surface area contributed by atoms with Gasteiger partial charge in [0.2, 0.25) is 0 Å². The van der Waals surface area contributed by atoms with Crippen LogP contribution in [0.2, 0.25) is 0 Å². The number of hydrogen-bond donors (Lipinski definition) is 1. The number of carboxylic acid groups (broad SMARTS) is 1. The van der Waals surface area contributed by atoms with Crippen molar-refractivity contribution in [2.45, 2.75) is 26.2 Å². The fraction of sp³-hybridized carbons (Fsp3) is 0.188. The van der Waals surface area contributed by atoms with Gasteiger partial charge in [0.15, 0.2) is 12.1 Å². The minimum absolute atomic E-state index is 0.194. The number of aromatic nitrogens is 6. The minimum Gasteiger partial charge on any atom is -0.495 e. The van der Waals surface area contributed by atoms with Gasteiger partial charge in [0.25, 0.3) is 0 Å². The highest BCUT2D eigenvalue weighted by molar-refractivity contribution is 9.10. The van der Waals surface area contributed by atoms with Crippen molar-refractivity contribution in [3.05, 3.63) is 58.1 Å². The predicted molar refractivity (Wildman–Crippen MR) is 175 cm³/mol. The summed E-state index contributed by atoms with van der Waals surface area (Å²) in [6.45, 7) is 5.51. The number of benzene rings is 4. The molecule has 7 aromatic rings. The van der Waals surface area contributed by atoms with Gasteiger partial charge in [-0.25, -0.2) is 14.1 Å². The zero-order valence-electron chi connectivity index (χ0n) is 25.2. The molecular formula is C32H22BrN7O6S. The normalized spacial score (nSPS) is 11.7. The van der Waals surface area contributed by atoms with Crippen LogP contribution in [-0.2, 0) is 10.2 Å². The maximum absolute atomic E-state index is 11.9. The van der Waals surface area contributed by atoms with Gasteiger partial charge in [-0.2, -0.15) is 14.0 Å². The summed E-state index contributed by atoms with van der Waals surface area (Å²) in [5, 5.41) is 36.4. The molecule has 0 bridgehead atoms. The molecule has 3 aromatic heterocycles. The van der Waals surface area contributed by atoms with Crippen LogP contribution in [0.5, 0.6) is 11.5 Å². The quantitative estimate of drug-likeness (QED) is 0.176. The Bertz CT molecular complexity index is 2420. The van der Waals surface area contributed by atoms with E-state index < -0.39 is 18.0 Å². The molecule has 0 fully saturated rings. The first-order valence-electron chi connectivity index (χ1n) is 14.0. The molecule has 0 aliphatic heterocycles. The molecule has 15 heteroatoms. The van der Waals surface area contributed by atoms with E-state index in [9.17, 15) is 15.2 Å². The van der Waals surface area contributed by atoms with Crippen LogP contribution in [0, 0.1) is 11.3 Å². The lowest BCUT2D eigenvalue weighted by Gasteiger charge is -2.28. The van der Waals surface area contributed by atoms with Crippen molar-refractivity contribution in [2.24, 2.45) is 0 Å². The van der Waals surface area contributed by atoms with Crippen LogP contribution >= 0.6 is 27.7 Å². The first kappa shape index (κ1) is 30.2. The number of carbonyl (C=O) groups is 1. The fourth-order valence-corrected chi connectivity index (χ4v) is 6.99. The van der Waals surface area contributed by atoms with Gasteiger partial charge < -0.3 is 14.6 Å². The molecule has 0 atom stereocenters. The van der Waals surface area contributed by atoms with Gasteiger partial charge >= 0.3 is 5.97 Å². The van der Waals surface area contributed by atoms with Gasteiger partial charge in [-0.15, -0.1) is 0 Å². The van der Waals surface area contributed by atoms with E-state index in [0.29, 0.717) is 71.2 Å². The Morgan fingerprint density at radius 3 is 2.40 bits per heavy atom. The van der Waals surface area contributed by atoms with Crippen LogP contribution in [0.25, 0.3) is 66.5 Å². The standard InChI is InChI=1S/C32H22BrN7O6S/c1-32(2,3)18-11-21-30(38-46-36-21)27(33)25(18)16-10-22(44-13-23(41)42)26(15-6-5-7-20-29(15)40-47-39-20)31(43-4)24(16)14-8-9-19-28(17(14)12-34)37-45-35-19/h5-11H,13H2,1-4H3,(H,41,42). The van der Waals surface area contributed by atoms with E-state index >= 15 is 0 Å². The lowest BCUT2D eigenvalue weighted by molar-refractivity contribution is -0.139. The molecular weight excluding hydrogens is 690 g/mol. The molecule has 0 spiro atoms. The third-order valence-corrected chi connectivity index (χ3v) is 9.05. The molecule has 7 rings (SSSR count). The maximum Gasteiger partial charge on any atom is 0.341 e. The van der Waals surface area contributed by atoms with E-state index in [2.05, 4.69) is 72.1 Å². The highest BCUT2D eigenvalue weighted by Crippen LogP contribution is 2.55. The Morgan fingerprint density at radius 2 is 1.68 bits per heavy atom. The SMILES string of the molecule is COc1c(-c2cccc3nsnc23)c(OCC(=O)O)cc(-c2c(C(C)(C)C)cc3nonc3c2Br)c1-c1ccc2nonc2c1C#N. The van der Waals surface area contributed by atoms with E-state index in [4.69, 9.17) is 18.7 Å². The van der Waals surface area contributed by atoms with Crippen LogP contribution < -0.4 is 9.47 Å². The Morgan fingerprint density at radius 1 is 0.915 bits per heavy atom. The molecule has 234 valence electrons.